The van der Waals surface area contributed by atoms with Gasteiger partial charge in [-0.1, -0.05) is 140 Å². The quantitative estimate of drug-likeness (QED) is 0.186. The van der Waals surface area contributed by atoms with E-state index in [1.165, 1.54) is 59.8 Å². The number of fused-ring (bicyclic) bond motifs is 12. The predicted octanol–water partition coefficient (Wildman–Crippen LogP) is 12.3. The Kier molecular flexibility index (Phi) is 5.99. The van der Waals surface area contributed by atoms with Gasteiger partial charge in [-0.25, -0.2) is 15.0 Å². The van der Waals surface area contributed by atoms with Gasteiger partial charge >= 0.3 is 0 Å². The monoisotopic (exact) mass is 687 g/mol. The summed E-state index contributed by atoms with van der Waals surface area (Å²) in [7, 11) is 0. The minimum atomic E-state index is 0.643. The molecule has 0 amide bonds. The molecule has 0 aliphatic heterocycles. The lowest BCUT2D eigenvalue weighted by Crippen LogP contribution is -2.00. The molecule has 0 saturated carbocycles. The fourth-order valence-corrected chi connectivity index (χ4v) is 8.76. The molecule has 0 aliphatic rings. The zero-order chi connectivity index (χ0) is 35.3. The van der Waals surface area contributed by atoms with E-state index in [0.29, 0.717) is 17.5 Å². The van der Waals surface area contributed by atoms with Crippen molar-refractivity contribution < 1.29 is 0 Å². The Morgan fingerprint density at radius 3 is 1.57 bits per heavy atom. The second kappa shape index (κ2) is 11.1. The third kappa shape index (κ3) is 4.06. The highest BCUT2D eigenvalue weighted by Gasteiger charge is 2.21. The largest absolute Gasteiger partial charge is 0.307 e. The maximum absolute atomic E-state index is 5.09. The van der Waals surface area contributed by atoms with Gasteiger partial charge in [-0.05, 0) is 47.2 Å². The average Bonchev–Trinajstić information content (AvgIpc) is 3.76. The molecule has 8 aromatic carbocycles. The van der Waals surface area contributed by atoms with Gasteiger partial charge < -0.3 is 8.80 Å². The van der Waals surface area contributed by atoms with Gasteiger partial charge in [0.15, 0.2) is 17.5 Å². The van der Waals surface area contributed by atoms with Gasteiger partial charge in [0.25, 0.3) is 0 Å². The van der Waals surface area contributed by atoms with Gasteiger partial charge in [0.1, 0.15) is 0 Å². The summed E-state index contributed by atoms with van der Waals surface area (Å²) in [5.74, 6) is 1.95. The first-order valence-corrected chi connectivity index (χ1v) is 18.3. The van der Waals surface area contributed by atoms with Crippen LogP contribution in [0, 0.1) is 0 Å². The van der Waals surface area contributed by atoms with E-state index in [2.05, 4.69) is 148 Å². The molecule has 0 aliphatic carbocycles. The van der Waals surface area contributed by atoms with Crippen LogP contribution in [0.3, 0.4) is 0 Å². The molecule has 12 rings (SSSR count). The van der Waals surface area contributed by atoms with Crippen molar-refractivity contribution in [1.29, 1.82) is 0 Å². The molecule has 0 bridgehead atoms. The van der Waals surface area contributed by atoms with Crippen LogP contribution in [-0.4, -0.2) is 23.8 Å². The van der Waals surface area contributed by atoms with Crippen LogP contribution in [0.2, 0.25) is 0 Å². The van der Waals surface area contributed by atoms with E-state index in [4.69, 9.17) is 15.0 Å². The summed E-state index contributed by atoms with van der Waals surface area (Å²) >= 11 is 0. The van der Waals surface area contributed by atoms with Crippen molar-refractivity contribution in [3.05, 3.63) is 176 Å². The van der Waals surface area contributed by atoms with Gasteiger partial charge in [0.05, 0.1) is 33.1 Å². The highest BCUT2D eigenvalue weighted by molar-refractivity contribution is 6.27. The van der Waals surface area contributed by atoms with Crippen molar-refractivity contribution in [3.63, 3.8) is 0 Å². The van der Waals surface area contributed by atoms with Gasteiger partial charge in [0, 0.05) is 49.0 Å². The van der Waals surface area contributed by atoms with E-state index in [-0.39, 0.29) is 0 Å². The topological polar surface area (TPSA) is 47.5 Å². The molecule has 0 fully saturated rings. The summed E-state index contributed by atoms with van der Waals surface area (Å²) in [5.41, 5.74) is 9.91. The molecule has 4 aromatic heterocycles. The molecule has 0 radical (unpaired) electrons. The van der Waals surface area contributed by atoms with Crippen molar-refractivity contribution in [1.82, 2.24) is 23.8 Å². The molecule has 54 heavy (non-hydrogen) atoms. The molecule has 4 heterocycles. The maximum Gasteiger partial charge on any atom is 0.164 e. The first kappa shape index (κ1) is 29.2. The fourth-order valence-electron chi connectivity index (χ4n) is 8.76. The Labute approximate surface area is 309 Å². The van der Waals surface area contributed by atoms with Crippen LogP contribution in [0.5, 0.6) is 0 Å². The van der Waals surface area contributed by atoms with Crippen LogP contribution in [0.1, 0.15) is 0 Å². The van der Waals surface area contributed by atoms with E-state index < -0.39 is 0 Å². The van der Waals surface area contributed by atoms with E-state index >= 15 is 0 Å². The second-order valence-electron chi connectivity index (χ2n) is 14.0. The molecule has 5 nitrogen and oxygen atoms in total. The summed E-state index contributed by atoms with van der Waals surface area (Å²) in [6, 6.07) is 62.7. The van der Waals surface area contributed by atoms with Gasteiger partial charge in [-0.15, -0.1) is 0 Å². The Hall–Kier alpha value is -7.37. The number of hydrogen-bond donors (Lipinski definition) is 0. The molecular weight excluding hydrogens is 659 g/mol. The Bertz CT molecular complexity index is 3430. The molecular formula is C49H29N5. The van der Waals surface area contributed by atoms with E-state index in [1.54, 1.807) is 0 Å². The first-order valence-electron chi connectivity index (χ1n) is 18.3. The number of aromatic nitrogens is 5. The second-order valence-corrected chi connectivity index (χ2v) is 14.0. The van der Waals surface area contributed by atoms with Gasteiger partial charge in [-0.3, -0.25) is 0 Å². The number of para-hydroxylation sites is 3. The minimum Gasteiger partial charge on any atom is -0.307 e. The molecule has 0 unspecified atom stereocenters. The Morgan fingerprint density at radius 1 is 0.296 bits per heavy atom. The Balaban J connectivity index is 1.26. The summed E-state index contributed by atoms with van der Waals surface area (Å²) < 4.78 is 4.98. The lowest BCUT2D eigenvalue weighted by Gasteiger charge is -2.12. The molecule has 5 heteroatoms. The number of hydrogen-bond acceptors (Lipinski definition) is 3. The number of benzene rings is 8. The average molecular weight is 688 g/mol. The smallest absolute Gasteiger partial charge is 0.164 e. The number of nitrogens with zero attached hydrogens (tertiary/aromatic N) is 5. The third-order valence-corrected chi connectivity index (χ3v) is 11.1. The van der Waals surface area contributed by atoms with E-state index in [9.17, 15) is 0 Å². The van der Waals surface area contributed by atoms with Crippen LogP contribution < -0.4 is 0 Å². The van der Waals surface area contributed by atoms with Gasteiger partial charge in [-0.2, -0.15) is 0 Å². The van der Waals surface area contributed by atoms with Crippen LogP contribution in [0.25, 0.3) is 110 Å². The minimum absolute atomic E-state index is 0.643. The van der Waals surface area contributed by atoms with Crippen molar-refractivity contribution in [2.75, 3.05) is 0 Å². The van der Waals surface area contributed by atoms with E-state index in [1.807, 2.05) is 36.4 Å². The van der Waals surface area contributed by atoms with Crippen molar-refractivity contribution in [3.8, 4) is 34.2 Å². The molecule has 0 saturated heterocycles. The predicted molar refractivity (Wildman–Crippen MR) is 223 cm³/mol. The molecule has 0 atom stereocenters. The van der Waals surface area contributed by atoms with Crippen LogP contribution >= 0.6 is 0 Å². The zero-order valence-electron chi connectivity index (χ0n) is 29.0. The van der Waals surface area contributed by atoms with Crippen molar-refractivity contribution in [2.24, 2.45) is 0 Å². The Morgan fingerprint density at radius 2 is 0.815 bits per heavy atom. The molecule has 250 valence electrons. The van der Waals surface area contributed by atoms with Gasteiger partial charge in [0.2, 0.25) is 0 Å². The lowest BCUT2D eigenvalue weighted by molar-refractivity contribution is 1.07. The maximum atomic E-state index is 5.09. The van der Waals surface area contributed by atoms with Crippen LogP contribution in [0.15, 0.2) is 176 Å². The van der Waals surface area contributed by atoms with Crippen LogP contribution in [-0.2, 0) is 0 Å². The summed E-state index contributed by atoms with van der Waals surface area (Å²) in [6.45, 7) is 0. The molecule has 0 N–H and O–H groups in total. The summed E-state index contributed by atoms with van der Waals surface area (Å²) in [5, 5.41) is 9.71. The SMILES string of the molecule is c1ccc(-c2nc(-c3ccccc3)nc(-c3ccc4c(c3)c3cccc5c6c7ccccc7ccc6n6c7ccccc7c7cccc(c76)n4c35)n2)cc1. The van der Waals surface area contributed by atoms with Crippen molar-refractivity contribution in [2.45, 2.75) is 0 Å². The summed E-state index contributed by atoms with van der Waals surface area (Å²) in [4.78, 5) is 15.1. The highest BCUT2D eigenvalue weighted by Crippen LogP contribution is 2.42. The van der Waals surface area contributed by atoms with E-state index in [0.717, 1.165) is 33.1 Å². The van der Waals surface area contributed by atoms with Crippen molar-refractivity contribution >= 4 is 76.2 Å². The lowest BCUT2D eigenvalue weighted by atomic mass is 10.0. The van der Waals surface area contributed by atoms with Crippen LogP contribution in [0.4, 0.5) is 0 Å². The first-order chi connectivity index (χ1) is 26.8. The third-order valence-electron chi connectivity index (χ3n) is 11.1. The molecule has 12 aromatic rings. The zero-order valence-corrected chi connectivity index (χ0v) is 29.0. The normalized spacial score (nSPS) is 12.1. The summed E-state index contributed by atoms with van der Waals surface area (Å²) in [6.07, 6.45) is 0. The fraction of sp³-hybridized carbons (Fsp3) is 0. The highest BCUT2D eigenvalue weighted by atomic mass is 15.0. The number of rotatable bonds is 3. The molecule has 0 spiro atoms. The standard InChI is InChI=1S/C49H29N5/c1-3-14-31(15-4-1)47-50-48(32-16-5-2-6-17-32)52-49(51-47)33-26-27-41-39(29-33)37-20-11-22-38-44-34-18-8-7-13-30(34)25-28-42(44)53-40-23-10-9-19-35(40)36-21-12-24-43(46(36)53)54(41)45(37)38/h1-29H.